The third-order valence-electron chi connectivity index (χ3n) is 6.80. The van der Waals surface area contributed by atoms with Crippen molar-refractivity contribution in [1.29, 1.82) is 0 Å². The molecule has 3 aromatic heterocycles. The molecule has 0 aliphatic rings. The van der Waals surface area contributed by atoms with E-state index in [0.717, 1.165) is 5.56 Å². The van der Waals surface area contributed by atoms with Gasteiger partial charge in [-0.05, 0) is 87.7 Å². The van der Waals surface area contributed by atoms with Crippen LogP contribution >= 0.6 is 0 Å². The van der Waals surface area contributed by atoms with Crippen LogP contribution in [0.25, 0.3) is 10.9 Å². The van der Waals surface area contributed by atoms with Gasteiger partial charge >= 0.3 is 0 Å². The molecule has 0 aliphatic carbocycles. The van der Waals surface area contributed by atoms with Crippen molar-refractivity contribution in [2.45, 2.75) is 56.7 Å². The molecule has 10 heteroatoms. The minimum atomic E-state index is -1.37. The maximum absolute atomic E-state index is 15.4. The Morgan fingerprint density at radius 2 is 1.93 bits per heavy atom. The van der Waals surface area contributed by atoms with Gasteiger partial charge in [-0.2, -0.15) is 5.10 Å². The molecule has 2 atom stereocenters. The number of halogens is 1. The van der Waals surface area contributed by atoms with Gasteiger partial charge in [0, 0.05) is 35.1 Å². The lowest BCUT2D eigenvalue weighted by Crippen LogP contribution is -2.22. The Balaban J connectivity index is 1.35. The van der Waals surface area contributed by atoms with Gasteiger partial charge < -0.3 is 10.1 Å². The Bertz CT molecular complexity index is 1760. The van der Waals surface area contributed by atoms with E-state index < -0.39 is 16.6 Å². The SMILES string of the molecule is Cc1cc(CC(=O)Nc2cnn(C(C)(C)C)c2)cc(F)c1Oc1ccnc2ccc(S(=O)C(C)c3cccnc3)cc12. The third kappa shape index (κ3) is 6.38. The number of carbonyl (C=O) groups excluding carboxylic acids is 1. The van der Waals surface area contributed by atoms with Crippen LogP contribution in [0, 0.1) is 12.7 Å². The van der Waals surface area contributed by atoms with Crippen LogP contribution in [0.15, 0.2) is 84.4 Å². The molecule has 0 spiro atoms. The molecular formula is C32H32FN5O3S. The summed E-state index contributed by atoms with van der Waals surface area (Å²) in [5.74, 6) is -0.435. The number of aryl methyl sites for hydroxylation is 1. The second-order valence-electron chi connectivity index (χ2n) is 11.1. The normalized spacial score (nSPS) is 13.1. The summed E-state index contributed by atoms with van der Waals surface area (Å²) in [7, 11) is -1.37. The number of anilines is 1. The van der Waals surface area contributed by atoms with Crippen LogP contribution in [0.1, 0.15) is 49.6 Å². The van der Waals surface area contributed by atoms with Gasteiger partial charge in [-0.1, -0.05) is 12.1 Å². The molecule has 1 N–H and O–H groups in total. The van der Waals surface area contributed by atoms with E-state index in [2.05, 4.69) is 20.4 Å². The standard InChI is InChI=1S/C32H32FN5O3S/c1-20-13-22(15-30(39)37-24-18-36-38(19-24)32(3,4)5)14-27(33)31(20)41-29-10-12-35-28-9-8-25(16-26(28)29)42(40)21(2)23-7-6-11-34-17-23/h6-14,16-19,21H,15H2,1-5H3,(H,37,39). The van der Waals surface area contributed by atoms with Gasteiger partial charge in [0.1, 0.15) is 5.75 Å². The number of rotatable bonds is 8. The van der Waals surface area contributed by atoms with Crippen LogP contribution in [0.5, 0.6) is 11.5 Å². The number of amides is 1. The number of nitrogens with one attached hydrogen (secondary N) is 1. The molecule has 5 rings (SSSR count). The Kier molecular flexibility index (Phi) is 8.17. The maximum Gasteiger partial charge on any atom is 0.228 e. The fourth-order valence-electron chi connectivity index (χ4n) is 4.55. The zero-order chi connectivity index (χ0) is 30.0. The van der Waals surface area contributed by atoms with Crippen molar-refractivity contribution >= 4 is 33.3 Å². The molecule has 5 aromatic rings. The van der Waals surface area contributed by atoms with Crippen LogP contribution < -0.4 is 10.1 Å². The van der Waals surface area contributed by atoms with Crippen LogP contribution in [-0.4, -0.2) is 29.9 Å². The van der Waals surface area contributed by atoms with Gasteiger partial charge in [0.05, 0.1) is 45.4 Å². The average Bonchev–Trinajstić information content (AvgIpc) is 3.43. The van der Waals surface area contributed by atoms with Gasteiger partial charge in [0.2, 0.25) is 5.91 Å². The first kappa shape index (κ1) is 29.1. The molecular weight excluding hydrogens is 553 g/mol. The van der Waals surface area contributed by atoms with E-state index in [1.807, 2.05) is 39.8 Å². The number of carbonyl (C=O) groups is 1. The Morgan fingerprint density at radius 3 is 2.62 bits per heavy atom. The molecule has 3 heterocycles. The monoisotopic (exact) mass is 585 g/mol. The zero-order valence-electron chi connectivity index (χ0n) is 24.1. The number of ether oxygens (including phenoxy) is 1. The maximum atomic E-state index is 15.4. The topological polar surface area (TPSA) is 99.0 Å². The summed E-state index contributed by atoms with van der Waals surface area (Å²) >= 11 is 0. The zero-order valence-corrected chi connectivity index (χ0v) is 24.9. The summed E-state index contributed by atoms with van der Waals surface area (Å²) in [4.78, 5) is 21.8. The number of hydrogen-bond donors (Lipinski definition) is 1. The summed E-state index contributed by atoms with van der Waals surface area (Å²) in [6.45, 7) is 9.66. The lowest BCUT2D eigenvalue weighted by Gasteiger charge is -2.18. The third-order valence-corrected chi connectivity index (χ3v) is 8.43. The van der Waals surface area contributed by atoms with E-state index in [9.17, 15) is 9.00 Å². The minimum Gasteiger partial charge on any atom is -0.453 e. The van der Waals surface area contributed by atoms with Gasteiger partial charge in [-0.25, -0.2) is 4.39 Å². The largest absolute Gasteiger partial charge is 0.453 e. The van der Waals surface area contributed by atoms with Crippen LogP contribution in [0.3, 0.4) is 0 Å². The van der Waals surface area contributed by atoms with Crippen molar-refractivity contribution in [3.63, 3.8) is 0 Å². The van der Waals surface area contributed by atoms with Gasteiger partial charge in [0.25, 0.3) is 0 Å². The molecule has 216 valence electrons. The smallest absolute Gasteiger partial charge is 0.228 e. The second kappa shape index (κ2) is 11.8. The fraction of sp³-hybridized carbons (Fsp3) is 0.250. The van der Waals surface area contributed by atoms with E-state index in [0.29, 0.717) is 38.4 Å². The first-order chi connectivity index (χ1) is 20.0. The van der Waals surface area contributed by atoms with E-state index in [1.54, 1.807) is 72.9 Å². The second-order valence-corrected chi connectivity index (χ2v) is 12.9. The molecule has 8 nitrogen and oxygen atoms in total. The summed E-state index contributed by atoms with van der Waals surface area (Å²) in [6, 6.07) is 13.7. The molecule has 0 saturated heterocycles. The highest BCUT2D eigenvalue weighted by molar-refractivity contribution is 7.85. The fourth-order valence-corrected chi connectivity index (χ4v) is 5.78. The van der Waals surface area contributed by atoms with Crippen molar-refractivity contribution in [1.82, 2.24) is 19.7 Å². The molecule has 0 fully saturated rings. The highest BCUT2D eigenvalue weighted by Gasteiger charge is 2.19. The summed E-state index contributed by atoms with van der Waals surface area (Å²) in [6.07, 6.45) is 8.31. The van der Waals surface area contributed by atoms with Gasteiger partial charge in [-0.15, -0.1) is 0 Å². The van der Waals surface area contributed by atoms with Crippen molar-refractivity contribution in [2.24, 2.45) is 0 Å². The van der Waals surface area contributed by atoms with Crippen LogP contribution in [-0.2, 0) is 27.6 Å². The molecule has 0 aliphatic heterocycles. The number of fused-ring (bicyclic) bond motifs is 1. The van der Waals surface area contributed by atoms with Gasteiger partial charge in [-0.3, -0.25) is 23.7 Å². The molecule has 0 radical (unpaired) electrons. The number of aromatic nitrogens is 4. The first-order valence-electron chi connectivity index (χ1n) is 13.5. The number of hydrogen-bond acceptors (Lipinski definition) is 6. The molecule has 2 aromatic carbocycles. The molecule has 0 bridgehead atoms. The lowest BCUT2D eigenvalue weighted by molar-refractivity contribution is -0.115. The van der Waals surface area contributed by atoms with Crippen LogP contribution in [0.4, 0.5) is 10.1 Å². The van der Waals surface area contributed by atoms with Gasteiger partial charge in [0.15, 0.2) is 11.6 Å². The molecule has 0 saturated carbocycles. The first-order valence-corrected chi connectivity index (χ1v) is 14.7. The number of benzene rings is 2. The minimum absolute atomic E-state index is 0.0127. The predicted molar refractivity (Wildman–Crippen MR) is 162 cm³/mol. The lowest BCUT2D eigenvalue weighted by atomic mass is 10.1. The van der Waals surface area contributed by atoms with Crippen molar-refractivity contribution < 1.29 is 18.1 Å². The Labute approximate surface area is 246 Å². The van der Waals surface area contributed by atoms with E-state index >= 15 is 4.39 Å². The number of nitrogens with zero attached hydrogens (tertiary/aromatic N) is 4. The summed E-state index contributed by atoms with van der Waals surface area (Å²) in [5.41, 5.74) is 2.91. The Morgan fingerprint density at radius 1 is 1.12 bits per heavy atom. The van der Waals surface area contributed by atoms with Crippen molar-refractivity contribution in [3.8, 4) is 11.5 Å². The van der Waals surface area contributed by atoms with Crippen LogP contribution in [0.2, 0.25) is 0 Å². The quantitative estimate of drug-likeness (QED) is 0.213. The van der Waals surface area contributed by atoms with E-state index in [4.69, 9.17) is 4.74 Å². The van der Waals surface area contributed by atoms with E-state index in [-0.39, 0.29) is 28.9 Å². The Hall–Kier alpha value is -4.44. The van der Waals surface area contributed by atoms with Crippen molar-refractivity contribution in [2.75, 3.05) is 5.32 Å². The predicted octanol–water partition coefficient (Wildman–Crippen LogP) is 6.87. The summed E-state index contributed by atoms with van der Waals surface area (Å²) in [5, 5.41) is 7.44. The molecule has 1 amide bonds. The average molecular weight is 586 g/mol. The molecule has 2 unspecified atom stereocenters. The highest BCUT2D eigenvalue weighted by Crippen LogP contribution is 2.35. The molecule has 42 heavy (non-hydrogen) atoms. The van der Waals surface area contributed by atoms with Crippen molar-refractivity contribution in [3.05, 3.63) is 102 Å². The van der Waals surface area contributed by atoms with E-state index in [1.165, 1.54) is 6.07 Å². The number of pyridine rings is 2. The summed E-state index contributed by atoms with van der Waals surface area (Å²) < 4.78 is 36.6. The highest BCUT2D eigenvalue weighted by atomic mass is 32.2.